The van der Waals surface area contributed by atoms with Crippen molar-refractivity contribution >= 4 is 27.5 Å². The molecule has 0 saturated carbocycles. The number of carbonyl (C=O) groups excluding carboxylic acids is 2. The molecule has 0 aromatic heterocycles. The molecular formula is C22H33N3O4S. The molecule has 1 atom stereocenters. The predicted octanol–water partition coefficient (Wildman–Crippen LogP) is 2.69. The van der Waals surface area contributed by atoms with Crippen molar-refractivity contribution in [3.05, 3.63) is 23.8 Å². The highest BCUT2D eigenvalue weighted by Crippen LogP contribution is 2.31. The fourth-order valence-corrected chi connectivity index (χ4v) is 5.51. The topological polar surface area (TPSA) is 86.8 Å². The van der Waals surface area contributed by atoms with Gasteiger partial charge in [-0.2, -0.15) is 4.72 Å². The molecule has 2 amide bonds. The zero-order valence-corrected chi connectivity index (χ0v) is 19.0. The minimum atomic E-state index is -3.85. The molecular weight excluding hydrogens is 402 g/mol. The van der Waals surface area contributed by atoms with Crippen LogP contribution in [0.1, 0.15) is 58.4 Å². The first kappa shape index (κ1) is 22.7. The van der Waals surface area contributed by atoms with Crippen LogP contribution in [0, 0.1) is 5.92 Å². The molecule has 2 aliphatic heterocycles. The molecule has 166 valence electrons. The second-order valence-electron chi connectivity index (χ2n) is 8.63. The van der Waals surface area contributed by atoms with Gasteiger partial charge in [-0.05, 0) is 61.8 Å². The van der Waals surface area contributed by atoms with Gasteiger partial charge in [-0.3, -0.25) is 9.59 Å². The standard InChI is InChI=1S/C22H33N3O4S/c1-4-21(26)25-13-10-17-15-18(8-9-20(17)25)30(28,29)23-19(14-16(2)3)22(27)24-11-6-5-7-12-24/h8-9,15-16,19,23H,4-7,10-14H2,1-3H3/t19-/m1/s1. The Hall–Kier alpha value is -1.93. The van der Waals surface area contributed by atoms with Crippen LogP contribution in [0.2, 0.25) is 0 Å². The van der Waals surface area contributed by atoms with E-state index in [9.17, 15) is 18.0 Å². The molecule has 1 aromatic carbocycles. The molecule has 1 N–H and O–H groups in total. The van der Waals surface area contributed by atoms with Crippen molar-refractivity contribution in [1.82, 2.24) is 9.62 Å². The van der Waals surface area contributed by atoms with E-state index in [1.165, 1.54) is 6.07 Å². The number of nitrogens with one attached hydrogen (secondary N) is 1. The van der Waals surface area contributed by atoms with Crippen LogP contribution in [-0.4, -0.2) is 50.8 Å². The molecule has 3 rings (SSSR count). The molecule has 0 bridgehead atoms. The summed E-state index contributed by atoms with van der Waals surface area (Å²) in [6.45, 7) is 7.74. The summed E-state index contributed by atoms with van der Waals surface area (Å²) in [5, 5.41) is 0. The maximum atomic E-state index is 13.1. The Morgan fingerprint density at radius 3 is 2.43 bits per heavy atom. The summed E-state index contributed by atoms with van der Waals surface area (Å²) < 4.78 is 28.9. The monoisotopic (exact) mass is 435 g/mol. The number of benzene rings is 1. The van der Waals surface area contributed by atoms with E-state index in [4.69, 9.17) is 0 Å². The van der Waals surface area contributed by atoms with Crippen LogP contribution >= 0.6 is 0 Å². The Balaban J connectivity index is 1.81. The molecule has 1 aromatic rings. The third-order valence-corrected chi connectivity index (χ3v) is 7.30. The second kappa shape index (κ2) is 9.47. The van der Waals surface area contributed by atoms with Crippen molar-refractivity contribution in [2.45, 2.75) is 70.2 Å². The first-order valence-corrected chi connectivity index (χ1v) is 12.5. The van der Waals surface area contributed by atoms with Crippen molar-refractivity contribution in [2.75, 3.05) is 24.5 Å². The third kappa shape index (κ3) is 5.03. The zero-order valence-electron chi connectivity index (χ0n) is 18.2. The second-order valence-corrected chi connectivity index (χ2v) is 10.3. The highest BCUT2D eigenvalue weighted by Gasteiger charge is 2.32. The number of sulfonamides is 1. The van der Waals surface area contributed by atoms with Crippen LogP contribution in [-0.2, 0) is 26.0 Å². The quantitative estimate of drug-likeness (QED) is 0.713. The number of carbonyl (C=O) groups is 2. The van der Waals surface area contributed by atoms with Crippen molar-refractivity contribution in [3.8, 4) is 0 Å². The Morgan fingerprint density at radius 2 is 1.80 bits per heavy atom. The largest absolute Gasteiger partial charge is 0.341 e. The summed E-state index contributed by atoms with van der Waals surface area (Å²) in [4.78, 5) is 28.8. The summed E-state index contributed by atoms with van der Waals surface area (Å²) >= 11 is 0. The predicted molar refractivity (Wildman–Crippen MR) is 117 cm³/mol. The van der Waals surface area contributed by atoms with E-state index in [0.717, 1.165) is 30.5 Å². The molecule has 8 heteroatoms. The lowest BCUT2D eigenvalue weighted by atomic mass is 10.0. The summed E-state index contributed by atoms with van der Waals surface area (Å²) in [6, 6.07) is 4.10. The zero-order chi connectivity index (χ0) is 21.9. The molecule has 2 heterocycles. The van der Waals surface area contributed by atoms with Crippen LogP contribution in [0.15, 0.2) is 23.1 Å². The van der Waals surface area contributed by atoms with E-state index in [-0.39, 0.29) is 22.6 Å². The molecule has 1 fully saturated rings. The van der Waals surface area contributed by atoms with E-state index in [1.54, 1.807) is 21.9 Å². The maximum absolute atomic E-state index is 13.1. The normalized spacial score (nSPS) is 17.9. The number of amides is 2. The SMILES string of the molecule is CCC(=O)N1CCc2cc(S(=O)(=O)N[C@H](CC(C)C)C(=O)N3CCCCC3)ccc21. The van der Waals surface area contributed by atoms with Crippen LogP contribution in [0.25, 0.3) is 0 Å². The van der Waals surface area contributed by atoms with Gasteiger partial charge >= 0.3 is 0 Å². The first-order valence-electron chi connectivity index (χ1n) is 11.0. The summed E-state index contributed by atoms with van der Waals surface area (Å²) in [5.74, 6) is 0.0829. The Bertz CT molecular complexity index is 892. The Morgan fingerprint density at radius 1 is 1.10 bits per heavy atom. The molecule has 2 aliphatic rings. The highest BCUT2D eigenvalue weighted by atomic mass is 32.2. The summed E-state index contributed by atoms with van der Waals surface area (Å²) in [7, 11) is -3.85. The van der Waals surface area contributed by atoms with E-state index >= 15 is 0 Å². The van der Waals surface area contributed by atoms with Crippen molar-refractivity contribution in [3.63, 3.8) is 0 Å². The Labute approximate surface area is 179 Å². The van der Waals surface area contributed by atoms with Gasteiger partial charge in [-0.25, -0.2) is 8.42 Å². The maximum Gasteiger partial charge on any atom is 0.241 e. The van der Waals surface area contributed by atoms with E-state index in [1.807, 2.05) is 20.8 Å². The van der Waals surface area contributed by atoms with Crippen molar-refractivity contribution in [2.24, 2.45) is 5.92 Å². The number of anilines is 1. The number of hydrogen-bond acceptors (Lipinski definition) is 4. The van der Waals surface area contributed by atoms with Gasteiger partial charge in [0, 0.05) is 31.7 Å². The van der Waals surface area contributed by atoms with Gasteiger partial charge in [0.1, 0.15) is 6.04 Å². The number of likely N-dealkylation sites (tertiary alicyclic amines) is 1. The van der Waals surface area contributed by atoms with Gasteiger partial charge in [-0.1, -0.05) is 20.8 Å². The van der Waals surface area contributed by atoms with Crippen molar-refractivity contribution in [1.29, 1.82) is 0 Å². The minimum Gasteiger partial charge on any atom is -0.341 e. The van der Waals surface area contributed by atoms with Gasteiger partial charge in [-0.15, -0.1) is 0 Å². The summed E-state index contributed by atoms with van der Waals surface area (Å²) in [6.07, 6.45) is 4.54. The van der Waals surface area contributed by atoms with Crippen LogP contribution in [0.5, 0.6) is 0 Å². The minimum absolute atomic E-state index is 0.0339. The number of piperidine rings is 1. The average molecular weight is 436 g/mol. The first-order chi connectivity index (χ1) is 14.2. The lowest BCUT2D eigenvalue weighted by Gasteiger charge is -2.31. The fourth-order valence-electron chi connectivity index (χ4n) is 4.26. The van der Waals surface area contributed by atoms with Gasteiger partial charge in [0.2, 0.25) is 21.8 Å². The van der Waals surface area contributed by atoms with Gasteiger partial charge in [0.05, 0.1) is 4.90 Å². The van der Waals surface area contributed by atoms with Gasteiger partial charge in [0.15, 0.2) is 0 Å². The molecule has 0 unspecified atom stereocenters. The number of nitrogens with zero attached hydrogens (tertiary/aromatic N) is 2. The molecule has 30 heavy (non-hydrogen) atoms. The van der Waals surface area contributed by atoms with Crippen LogP contribution in [0.3, 0.4) is 0 Å². The Kier molecular flexibility index (Phi) is 7.18. The number of hydrogen-bond donors (Lipinski definition) is 1. The average Bonchev–Trinajstić information content (AvgIpc) is 3.15. The number of rotatable bonds is 7. The number of fused-ring (bicyclic) bond motifs is 1. The lowest BCUT2D eigenvalue weighted by molar-refractivity contribution is -0.134. The third-order valence-electron chi connectivity index (χ3n) is 5.83. The van der Waals surface area contributed by atoms with E-state index in [0.29, 0.717) is 38.9 Å². The van der Waals surface area contributed by atoms with E-state index in [2.05, 4.69) is 4.72 Å². The highest BCUT2D eigenvalue weighted by molar-refractivity contribution is 7.89. The molecule has 0 radical (unpaired) electrons. The summed E-state index contributed by atoms with van der Waals surface area (Å²) in [5.41, 5.74) is 1.63. The smallest absolute Gasteiger partial charge is 0.241 e. The molecule has 1 saturated heterocycles. The molecule has 0 aliphatic carbocycles. The van der Waals surface area contributed by atoms with Crippen LogP contribution < -0.4 is 9.62 Å². The van der Waals surface area contributed by atoms with Crippen LogP contribution in [0.4, 0.5) is 5.69 Å². The molecule has 0 spiro atoms. The molecule has 7 nitrogen and oxygen atoms in total. The van der Waals surface area contributed by atoms with Gasteiger partial charge in [0.25, 0.3) is 0 Å². The van der Waals surface area contributed by atoms with Crippen molar-refractivity contribution < 1.29 is 18.0 Å². The van der Waals surface area contributed by atoms with Gasteiger partial charge < -0.3 is 9.80 Å². The van der Waals surface area contributed by atoms with E-state index < -0.39 is 16.1 Å². The lowest BCUT2D eigenvalue weighted by Crippen LogP contribution is -2.50. The fraction of sp³-hybridized carbons (Fsp3) is 0.636.